The summed E-state index contributed by atoms with van der Waals surface area (Å²) in [6, 6.07) is 13.8. The smallest absolute Gasteiger partial charge is 0.322 e. The van der Waals surface area contributed by atoms with E-state index in [-0.39, 0.29) is 17.3 Å². The zero-order valence-electron chi connectivity index (χ0n) is 19.1. The quantitative estimate of drug-likeness (QED) is 0.396. The predicted octanol–water partition coefficient (Wildman–Crippen LogP) is 6.69. The summed E-state index contributed by atoms with van der Waals surface area (Å²) in [7, 11) is 1.65. The van der Waals surface area contributed by atoms with Gasteiger partial charge in [0.1, 0.15) is 11.5 Å². The van der Waals surface area contributed by atoms with Crippen molar-refractivity contribution in [3.63, 3.8) is 0 Å². The molecule has 160 valence electrons. The lowest BCUT2D eigenvalue weighted by Crippen LogP contribution is -2.44. The van der Waals surface area contributed by atoms with Gasteiger partial charge in [-0.2, -0.15) is 0 Å². The number of benzene rings is 2. The minimum Gasteiger partial charge on any atom is -0.497 e. The van der Waals surface area contributed by atoms with E-state index < -0.39 is 5.41 Å². The zero-order valence-corrected chi connectivity index (χ0v) is 19.1. The largest absolute Gasteiger partial charge is 0.497 e. The van der Waals surface area contributed by atoms with Crippen molar-refractivity contribution in [3.8, 4) is 11.5 Å². The van der Waals surface area contributed by atoms with Crippen LogP contribution in [0.4, 0.5) is 0 Å². The van der Waals surface area contributed by atoms with Crippen molar-refractivity contribution in [3.05, 3.63) is 65.2 Å². The highest BCUT2D eigenvalue weighted by Crippen LogP contribution is 2.44. The maximum Gasteiger partial charge on any atom is 0.322 e. The van der Waals surface area contributed by atoms with Crippen molar-refractivity contribution in [2.45, 2.75) is 64.7 Å². The van der Waals surface area contributed by atoms with Gasteiger partial charge in [-0.15, -0.1) is 0 Å². The Labute approximate surface area is 181 Å². The van der Waals surface area contributed by atoms with Gasteiger partial charge in [-0.05, 0) is 54.0 Å². The number of hydrogen-bond acceptors (Lipinski definition) is 3. The molecule has 2 aromatic carbocycles. The van der Waals surface area contributed by atoms with Crippen LogP contribution in [0.5, 0.6) is 11.5 Å². The third kappa shape index (κ3) is 4.16. The average molecular weight is 407 g/mol. The zero-order chi connectivity index (χ0) is 21.9. The second-order valence-electron chi connectivity index (χ2n) is 9.40. The summed E-state index contributed by atoms with van der Waals surface area (Å²) in [5.74, 6) is 1.28. The van der Waals surface area contributed by atoms with E-state index >= 15 is 0 Å². The lowest BCUT2D eigenvalue weighted by Gasteiger charge is -2.38. The first-order chi connectivity index (χ1) is 14.2. The van der Waals surface area contributed by atoms with Crippen molar-refractivity contribution in [1.82, 2.24) is 0 Å². The number of carbonyl (C=O) groups excluding carboxylic acids is 1. The molecule has 0 unspecified atom stereocenters. The monoisotopic (exact) mass is 406 g/mol. The highest BCUT2D eigenvalue weighted by molar-refractivity contribution is 5.88. The SMILES string of the molecule is CCCC[C@H]1C=Cc2ccccc2[C@@]1(C)C(=O)Oc1ccc(OC)cc1C(C)(C)C. The van der Waals surface area contributed by atoms with Crippen molar-refractivity contribution in [1.29, 1.82) is 0 Å². The van der Waals surface area contributed by atoms with Gasteiger partial charge >= 0.3 is 5.97 Å². The first-order valence-corrected chi connectivity index (χ1v) is 10.9. The summed E-state index contributed by atoms with van der Waals surface area (Å²) in [4.78, 5) is 13.8. The molecule has 0 amide bonds. The molecule has 0 aromatic heterocycles. The van der Waals surface area contributed by atoms with Gasteiger partial charge < -0.3 is 9.47 Å². The van der Waals surface area contributed by atoms with Gasteiger partial charge in [-0.25, -0.2) is 0 Å². The van der Waals surface area contributed by atoms with Gasteiger partial charge in [0.15, 0.2) is 0 Å². The number of unbranched alkanes of at least 4 members (excludes halogenated alkanes) is 1. The van der Waals surface area contributed by atoms with Gasteiger partial charge in [0.05, 0.1) is 12.5 Å². The molecule has 30 heavy (non-hydrogen) atoms. The number of allylic oxidation sites excluding steroid dienone is 1. The van der Waals surface area contributed by atoms with Gasteiger partial charge in [0.25, 0.3) is 0 Å². The van der Waals surface area contributed by atoms with Crippen molar-refractivity contribution < 1.29 is 14.3 Å². The molecular formula is C27H34O3. The van der Waals surface area contributed by atoms with Crippen LogP contribution in [0.2, 0.25) is 0 Å². The van der Waals surface area contributed by atoms with Crippen LogP contribution < -0.4 is 9.47 Å². The van der Waals surface area contributed by atoms with Crippen LogP contribution in [-0.2, 0) is 15.6 Å². The lowest BCUT2D eigenvalue weighted by atomic mass is 9.65. The molecule has 0 aliphatic heterocycles. The minimum absolute atomic E-state index is 0.108. The predicted molar refractivity (Wildman–Crippen MR) is 123 cm³/mol. The molecule has 0 spiro atoms. The Morgan fingerprint density at radius 3 is 2.53 bits per heavy atom. The van der Waals surface area contributed by atoms with E-state index in [0.717, 1.165) is 41.7 Å². The van der Waals surface area contributed by atoms with E-state index in [1.807, 2.05) is 37.3 Å². The summed E-state index contributed by atoms with van der Waals surface area (Å²) in [5, 5.41) is 0. The van der Waals surface area contributed by atoms with Gasteiger partial charge in [0.2, 0.25) is 0 Å². The first-order valence-electron chi connectivity index (χ1n) is 10.9. The lowest BCUT2D eigenvalue weighted by molar-refractivity contribution is -0.142. The van der Waals surface area contributed by atoms with E-state index in [0.29, 0.717) is 5.75 Å². The fourth-order valence-corrected chi connectivity index (χ4v) is 4.31. The number of carbonyl (C=O) groups is 1. The molecule has 0 N–H and O–H groups in total. The Bertz CT molecular complexity index is 935. The molecule has 0 fully saturated rings. The van der Waals surface area contributed by atoms with Gasteiger partial charge in [-0.3, -0.25) is 4.79 Å². The number of rotatable bonds is 6. The molecule has 0 saturated carbocycles. The molecule has 2 atom stereocenters. The first kappa shape index (κ1) is 22.1. The van der Waals surface area contributed by atoms with E-state index in [2.05, 4.69) is 52.0 Å². The molecule has 0 bridgehead atoms. The summed E-state index contributed by atoms with van der Waals surface area (Å²) >= 11 is 0. The highest BCUT2D eigenvalue weighted by Gasteiger charge is 2.46. The van der Waals surface area contributed by atoms with Crippen molar-refractivity contribution in [2.24, 2.45) is 5.92 Å². The second-order valence-corrected chi connectivity index (χ2v) is 9.40. The third-order valence-corrected chi connectivity index (χ3v) is 6.26. The van der Waals surface area contributed by atoms with E-state index in [1.54, 1.807) is 7.11 Å². The Balaban J connectivity index is 2.03. The molecule has 3 nitrogen and oxygen atoms in total. The molecule has 2 aromatic rings. The summed E-state index contributed by atoms with van der Waals surface area (Å²) < 4.78 is 11.6. The standard InChI is InChI=1S/C27H34O3/c1-7-8-12-20-15-14-19-11-9-10-13-22(19)27(20,5)25(28)30-24-17-16-21(29-6)18-23(24)26(2,3)4/h9-11,13-18,20H,7-8,12H2,1-6H3/t20-,27-/m0/s1. The average Bonchev–Trinajstić information content (AvgIpc) is 2.73. The normalized spacial score (nSPS) is 20.5. The minimum atomic E-state index is -0.727. The Morgan fingerprint density at radius 2 is 1.87 bits per heavy atom. The molecule has 3 heteroatoms. The summed E-state index contributed by atoms with van der Waals surface area (Å²) in [6.07, 6.45) is 7.48. The topological polar surface area (TPSA) is 35.5 Å². The van der Waals surface area contributed by atoms with Gasteiger partial charge in [0, 0.05) is 5.56 Å². The Hall–Kier alpha value is -2.55. The van der Waals surface area contributed by atoms with Gasteiger partial charge in [-0.1, -0.05) is 77.0 Å². The number of hydrogen-bond donors (Lipinski definition) is 0. The molecule has 1 aliphatic rings. The third-order valence-electron chi connectivity index (χ3n) is 6.26. The number of esters is 1. The van der Waals surface area contributed by atoms with Crippen LogP contribution in [0.15, 0.2) is 48.5 Å². The van der Waals surface area contributed by atoms with E-state index in [9.17, 15) is 4.79 Å². The van der Waals surface area contributed by atoms with E-state index in [1.165, 1.54) is 0 Å². The van der Waals surface area contributed by atoms with Crippen molar-refractivity contribution >= 4 is 12.0 Å². The Kier molecular flexibility index (Phi) is 6.40. The fraction of sp³-hybridized carbons (Fsp3) is 0.444. The summed E-state index contributed by atoms with van der Waals surface area (Å²) in [5.41, 5.74) is 2.19. The molecular weight excluding hydrogens is 372 g/mol. The van der Waals surface area contributed by atoms with Crippen LogP contribution >= 0.6 is 0 Å². The van der Waals surface area contributed by atoms with Crippen LogP contribution in [0, 0.1) is 5.92 Å². The van der Waals surface area contributed by atoms with Crippen LogP contribution in [-0.4, -0.2) is 13.1 Å². The maximum atomic E-state index is 13.8. The molecule has 0 saturated heterocycles. The van der Waals surface area contributed by atoms with Crippen LogP contribution in [0.1, 0.15) is 70.6 Å². The number of fused-ring (bicyclic) bond motifs is 1. The fourth-order valence-electron chi connectivity index (χ4n) is 4.31. The van der Waals surface area contributed by atoms with Crippen LogP contribution in [0.3, 0.4) is 0 Å². The molecule has 0 heterocycles. The highest BCUT2D eigenvalue weighted by atomic mass is 16.5. The molecule has 0 radical (unpaired) electrons. The number of ether oxygens (including phenoxy) is 2. The molecule has 1 aliphatic carbocycles. The maximum absolute atomic E-state index is 13.8. The second kappa shape index (κ2) is 8.67. The Morgan fingerprint density at radius 1 is 1.13 bits per heavy atom. The number of methoxy groups -OCH3 is 1. The van der Waals surface area contributed by atoms with E-state index in [4.69, 9.17) is 9.47 Å². The molecule has 3 rings (SSSR count). The van der Waals surface area contributed by atoms with Crippen molar-refractivity contribution in [2.75, 3.05) is 7.11 Å². The summed E-state index contributed by atoms with van der Waals surface area (Å²) in [6.45, 7) is 10.6. The van der Waals surface area contributed by atoms with Crippen LogP contribution in [0.25, 0.3) is 6.08 Å².